The minimum absolute atomic E-state index is 0.0591. The maximum absolute atomic E-state index is 12.4. The summed E-state index contributed by atoms with van der Waals surface area (Å²) in [5.41, 5.74) is 3.15. The van der Waals surface area contributed by atoms with Gasteiger partial charge in [-0.15, -0.1) is 13.2 Å². The first kappa shape index (κ1) is 28.9. The van der Waals surface area contributed by atoms with Crippen LogP contribution < -0.4 is 14.8 Å². The van der Waals surface area contributed by atoms with Crippen molar-refractivity contribution in [3.8, 4) is 11.5 Å². The molecule has 0 unspecified atom stereocenters. The van der Waals surface area contributed by atoms with Gasteiger partial charge in [-0.2, -0.15) is 0 Å². The number of rotatable bonds is 12. The van der Waals surface area contributed by atoms with Crippen molar-refractivity contribution in [2.24, 2.45) is 11.1 Å². The number of carbonyl (C=O) groups is 1. The first-order chi connectivity index (χ1) is 19.3. The highest BCUT2D eigenvalue weighted by molar-refractivity contribution is 6.01. The number of amides is 1. The number of alkyl halides is 3. The zero-order valence-electron chi connectivity index (χ0n) is 21.9. The van der Waals surface area contributed by atoms with Crippen LogP contribution in [0.2, 0.25) is 0 Å². The number of halogens is 3. The molecular formula is C30H31F3N2O5. The number of nitrogens with one attached hydrogen (secondary N) is 1. The van der Waals surface area contributed by atoms with Gasteiger partial charge in [-0.3, -0.25) is 4.79 Å². The lowest BCUT2D eigenvalue weighted by Crippen LogP contribution is -2.35. The van der Waals surface area contributed by atoms with Crippen LogP contribution in [0, 0.1) is 5.92 Å². The molecular weight excluding hydrogens is 525 g/mol. The standard InChI is InChI=1S/C30H31F3N2O5/c31-30(32,33)40-27-12-8-24(9-13-27)20-39-35-28(25-4-2-1-3-5-25)18-22-6-10-26(11-7-22)38-21-29(36)34-19-23-14-16-37-17-15-23/h1-13,23H,14-21H2,(H,34,36). The van der Waals surface area contributed by atoms with E-state index in [4.69, 9.17) is 14.3 Å². The SMILES string of the molecule is O=C(COc1ccc(CC(=NOCc2ccc(OC(F)(F)F)cc2)c2ccccc2)cc1)NCC1CCOCC1. The second kappa shape index (κ2) is 14.4. The fourth-order valence-corrected chi connectivity index (χ4v) is 4.10. The van der Waals surface area contributed by atoms with Gasteiger partial charge in [-0.25, -0.2) is 0 Å². The zero-order chi connectivity index (χ0) is 28.2. The van der Waals surface area contributed by atoms with Gasteiger partial charge in [-0.1, -0.05) is 59.8 Å². The number of benzene rings is 3. The van der Waals surface area contributed by atoms with E-state index in [1.54, 1.807) is 12.1 Å². The summed E-state index contributed by atoms with van der Waals surface area (Å²) in [6, 6.07) is 22.4. The molecule has 0 radical (unpaired) electrons. The van der Waals surface area contributed by atoms with E-state index < -0.39 is 6.36 Å². The topological polar surface area (TPSA) is 78.4 Å². The van der Waals surface area contributed by atoms with Crippen molar-refractivity contribution in [2.75, 3.05) is 26.4 Å². The van der Waals surface area contributed by atoms with Crippen molar-refractivity contribution in [1.82, 2.24) is 5.32 Å². The smallest absolute Gasteiger partial charge is 0.484 e. The van der Waals surface area contributed by atoms with Crippen molar-refractivity contribution in [3.63, 3.8) is 0 Å². The Labute approximate surface area is 230 Å². The van der Waals surface area contributed by atoms with Crippen molar-refractivity contribution in [3.05, 3.63) is 95.6 Å². The first-order valence-electron chi connectivity index (χ1n) is 13.0. The van der Waals surface area contributed by atoms with Gasteiger partial charge in [0, 0.05) is 26.2 Å². The lowest BCUT2D eigenvalue weighted by molar-refractivity contribution is -0.274. The van der Waals surface area contributed by atoms with E-state index in [-0.39, 0.29) is 24.9 Å². The highest BCUT2D eigenvalue weighted by atomic mass is 19.4. The van der Waals surface area contributed by atoms with Crippen molar-refractivity contribution in [1.29, 1.82) is 0 Å². The lowest BCUT2D eigenvalue weighted by atomic mass is 10.0. The zero-order valence-corrected chi connectivity index (χ0v) is 21.9. The summed E-state index contributed by atoms with van der Waals surface area (Å²) >= 11 is 0. The number of hydrogen-bond acceptors (Lipinski definition) is 6. The third-order valence-corrected chi connectivity index (χ3v) is 6.26. The molecule has 0 aliphatic carbocycles. The van der Waals surface area contributed by atoms with Crippen molar-refractivity contribution < 1.29 is 37.0 Å². The summed E-state index contributed by atoms with van der Waals surface area (Å²) in [6.07, 6.45) is -2.36. The molecule has 0 aromatic heterocycles. The van der Waals surface area contributed by atoms with Crippen LogP contribution >= 0.6 is 0 Å². The number of ether oxygens (including phenoxy) is 3. The van der Waals surface area contributed by atoms with Crippen LogP contribution in [0.15, 0.2) is 84.0 Å². The van der Waals surface area contributed by atoms with Crippen LogP contribution in [0.3, 0.4) is 0 Å². The molecule has 0 bridgehead atoms. The van der Waals surface area contributed by atoms with E-state index in [0.29, 0.717) is 35.9 Å². The Balaban J connectivity index is 1.30. The third kappa shape index (κ3) is 9.92. The van der Waals surface area contributed by atoms with Crippen LogP contribution in [0.1, 0.15) is 29.5 Å². The molecule has 3 aromatic carbocycles. The Hall–Kier alpha value is -4.05. The summed E-state index contributed by atoms with van der Waals surface area (Å²) in [5, 5.41) is 7.24. The van der Waals surface area contributed by atoms with Crippen molar-refractivity contribution in [2.45, 2.75) is 32.2 Å². The predicted octanol–water partition coefficient (Wildman–Crippen LogP) is 5.67. The molecule has 212 valence electrons. The fraction of sp³-hybridized carbons (Fsp3) is 0.333. The second-order valence-electron chi connectivity index (χ2n) is 9.34. The van der Waals surface area contributed by atoms with Gasteiger partial charge >= 0.3 is 6.36 Å². The van der Waals surface area contributed by atoms with E-state index >= 15 is 0 Å². The van der Waals surface area contributed by atoms with E-state index in [9.17, 15) is 18.0 Å². The van der Waals surface area contributed by atoms with E-state index in [1.165, 1.54) is 24.3 Å². The van der Waals surface area contributed by atoms with Crippen LogP contribution in [-0.4, -0.2) is 44.3 Å². The van der Waals surface area contributed by atoms with Crippen LogP contribution in [0.4, 0.5) is 13.2 Å². The molecule has 40 heavy (non-hydrogen) atoms. The Morgan fingerprint density at radius 2 is 1.55 bits per heavy atom. The molecule has 1 aliphatic heterocycles. The minimum atomic E-state index is -4.74. The van der Waals surface area contributed by atoms with Gasteiger partial charge in [0.15, 0.2) is 6.61 Å². The van der Waals surface area contributed by atoms with Gasteiger partial charge in [0.2, 0.25) is 0 Å². The molecule has 7 nitrogen and oxygen atoms in total. The number of nitrogens with zero attached hydrogens (tertiary/aromatic N) is 1. The highest BCUT2D eigenvalue weighted by Crippen LogP contribution is 2.23. The molecule has 3 aromatic rings. The Kier molecular flexibility index (Phi) is 10.4. The van der Waals surface area contributed by atoms with Crippen LogP contribution in [-0.2, 0) is 27.4 Å². The summed E-state index contributed by atoms with van der Waals surface area (Å²) < 4.78 is 52.0. The largest absolute Gasteiger partial charge is 0.573 e. The minimum Gasteiger partial charge on any atom is -0.484 e. The molecule has 1 aliphatic rings. The summed E-state index contributed by atoms with van der Waals surface area (Å²) in [5.74, 6) is 0.568. The first-order valence-corrected chi connectivity index (χ1v) is 13.0. The lowest BCUT2D eigenvalue weighted by Gasteiger charge is -2.22. The van der Waals surface area contributed by atoms with Gasteiger partial charge in [0.05, 0.1) is 5.71 Å². The predicted molar refractivity (Wildman–Crippen MR) is 143 cm³/mol. The molecule has 1 amide bonds. The molecule has 1 fully saturated rings. The number of hydrogen-bond donors (Lipinski definition) is 1. The third-order valence-electron chi connectivity index (χ3n) is 6.26. The molecule has 10 heteroatoms. The average Bonchev–Trinajstić information content (AvgIpc) is 2.96. The van der Waals surface area contributed by atoms with Gasteiger partial charge in [0.25, 0.3) is 5.91 Å². The summed E-state index contributed by atoms with van der Waals surface area (Å²) in [4.78, 5) is 17.7. The number of oxime groups is 1. The maximum atomic E-state index is 12.4. The molecule has 0 saturated carbocycles. The van der Waals surface area contributed by atoms with E-state index in [0.717, 1.165) is 37.2 Å². The Morgan fingerprint density at radius 3 is 2.23 bits per heavy atom. The molecule has 0 spiro atoms. The maximum Gasteiger partial charge on any atom is 0.573 e. The quantitative estimate of drug-likeness (QED) is 0.230. The van der Waals surface area contributed by atoms with E-state index in [2.05, 4.69) is 15.2 Å². The van der Waals surface area contributed by atoms with Crippen LogP contribution in [0.5, 0.6) is 11.5 Å². The Morgan fingerprint density at radius 1 is 0.900 bits per heavy atom. The normalized spacial score (nSPS) is 14.4. The van der Waals surface area contributed by atoms with Gasteiger partial charge < -0.3 is 24.4 Å². The van der Waals surface area contributed by atoms with Gasteiger partial charge in [-0.05, 0) is 59.7 Å². The summed E-state index contributed by atoms with van der Waals surface area (Å²) in [7, 11) is 0. The molecule has 0 atom stereocenters. The highest BCUT2D eigenvalue weighted by Gasteiger charge is 2.30. The molecule has 1 N–H and O–H groups in total. The number of carbonyl (C=O) groups excluding carboxylic acids is 1. The van der Waals surface area contributed by atoms with E-state index in [1.807, 2.05) is 42.5 Å². The monoisotopic (exact) mass is 556 g/mol. The fourth-order valence-electron chi connectivity index (χ4n) is 4.10. The molecule has 1 saturated heterocycles. The van der Waals surface area contributed by atoms with Crippen molar-refractivity contribution >= 4 is 11.6 Å². The average molecular weight is 557 g/mol. The molecule has 4 rings (SSSR count). The Bertz CT molecular complexity index is 1230. The van der Waals surface area contributed by atoms with Crippen LogP contribution in [0.25, 0.3) is 0 Å². The summed E-state index contributed by atoms with van der Waals surface area (Å²) in [6.45, 7) is 2.13. The van der Waals surface area contributed by atoms with Gasteiger partial charge in [0.1, 0.15) is 18.1 Å². The molecule has 1 heterocycles. The second-order valence-corrected chi connectivity index (χ2v) is 9.34.